The highest BCUT2D eigenvalue weighted by Crippen LogP contribution is 2.34. The number of furan rings is 1. The molecule has 0 unspecified atom stereocenters. The van der Waals surface area contributed by atoms with Crippen LogP contribution in [0.25, 0.3) is 32.6 Å². The van der Waals surface area contributed by atoms with Crippen molar-refractivity contribution in [3.8, 4) is 11.3 Å². The number of rotatable bonds is 2. The highest BCUT2D eigenvalue weighted by molar-refractivity contribution is 7.19. The highest BCUT2D eigenvalue weighted by Gasteiger charge is 2.22. The van der Waals surface area contributed by atoms with E-state index in [1.54, 1.807) is 27.9 Å². The molecule has 1 aliphatic rings. The Morgan fingerprint density at radius 2 is 1.97 bits per heavy atom. The van der Waals surface area contributed by atoms with Gasteiger partial charge in [-0.15, -0.1) is 11.3 Å². The van der Waals surface area contributed by atoms with Crippen LogP contribution in [-0.4, -0.2) is 9.38 Å². The fraction of sp³-hybridized carbons (Fsp3) is 0.174. The van der Waals surface area contributed by atoms with Gasteiger partial charge in [0.1, 0.15) is 20.9 Å². The van der Waals surface area contributed by atoms with Crippen molar-refractivity contribution in [2.75, 3.05) is 0 Å². The second-order valence-electron chi connectivity index (χ2n) is 7.55. The number of nitrogens with zero attached hydrogens (tertiary/aromatic N) is 2. The SMILES string of the molecule is O=c1nc2s/c(=C\c3ccc(-c4cccc(Cl)c4)o3)c(=O)n2c2sc3c(c12)CCCC3. The molecule has 0 spiro atoms. The van der Waals surface area contributed by atoms with Crippen molar-refractivity contribution in [2.45, 2.75) is 25.7 Å². The van der Waals surface area contributed by atoms with E-state index >= 15 is 0 Å². The standard InChI is InChI=1S/C23H15ClN2O3S2/c24-13-5-3-4-12(10-13)16-9-8-14(29-16)11-18-21(28)26-22-19(20(27)25-23(26)31-18)15-6-1-2-7-17(15)30-22/h3-5,8-11H,1-2,6-7H2/b18-11-. The summed E-state index contributed by atoms with van der Waals surface area (Å²) in [7, 11) is 0. The number of aryl methyl sites for hydroxylation is 2. The normalized spacial score (nSPS) is 14.5. The number of benzene rings is 1. The number of hydrogen-bond acceptors (Lipinski definition) is 6. The van der Waals surface area contributed by atoms with E-state index in [9.17, 15) is 9.59 Å². The molecule has 4 heterocycles. The molecule has 0 aliphatic heterocycles. The molecule has 1 aromatic carbocycles. The lowest BCUT2D eigenvalue weighted by Gasteiger charge is -2.09. The van der Waals surface area contributed by atoms with Gasteiger partial charge >= 0.3 is 0 Å². The van der Waals surface area contributed by atoms with Crippen LogP contribution in [0.3, 0.4) is 0 Å². The molecule has 0 radical (unpaired) electrons. The number of thiazole rings is 1. The average molecular weight is 467 g/mol. The van der Waals surface area contributed by atoms with Crippen molar-refractivity contribution in [3.63, 3.8) is 0 Å². The first kappa shape index (κ1) is 19.0. The Kier molecular flexibility index (Phi) is 4.38. The summed E-state index contributed by atoms with van der Waals surface area (Å²) in [5, 5.41) is 1.25. The third kappa shape index (κ3) is 3.07. The molecule has 8 heteroatoms. The van der Waals surface area contributed by atoms with Gasteiger partial charge in [-0.2, -0.15) is 4.98 Å². The van der Waals surface area contributed by atoms with Crippen LogP contribution in [0.5, 0.6) is 0 Å². The molecular formula is C23H15ClN2O3S2. The zero-order valence-electron chi connectivity index (χ0n) is 16.2. The Bertz CT molecular complexity index is 1660. The van der Waals surface area contributed by atoms with Crippen molar-refractivity contribution in [1.29, 1.82) is 0 Å². The van der Waals surface area contributed by atoms with Crippen LogP contribution in [0.2, 0.25) is 5.02 Å². The van der Waals surface area contributed by atoms with Crippen LogP contribution < -0.4 is 15.7 Å². The van der Waals surface area contributed by atoms with E-state index in [-0.39, 0.29) is 11.1 Å². The minimum absolute atomic E-state index is 0.170. The van der Waals surface area contributed by atoms with Crippen molar-refractivity contribution in [2.24, 2.45) is 0 Å². The highest BCUT2D eigenvalue weighted by atomic mass is 35.5. The fourth-order valence-corrected chi connectivity index (χ4v) is 6.73. The number of halogens is 1. The van der Waals surface area contributed by atoms with Gasteiger partial charge in [0.15, 0.2) is 0 Å². The Hall–Kier alpha value is -2.74. The van der Waals surface area contributed by atoms with E-state index in [0.717, 1.165) is 41.6 Å². The molecule has 0 bridgehead atoms. The smallest absolute Gasteiger partial charge is 0.282 e. The number of fused-ring (bicyclic) bond motifs is 5. The first-order chi connectivity index (χ1) is 15.1. The zero-order valence-corrected chi connectivity index (χ0v) is 18.6. The third-order valence-electron chi connectivity index (χ3n) is 5.58. The molecule has 31 heavy (non-hydrogen) atoms. The predicted octanol–water partition coefficient (Wildman–Crippen LogP) is 4.67. The molecule has 5 nitrogen and oxygen atoms in total. The van der Waals surface area contributed by atoms with E-state index in [2.05, 4.69) is 4.98 Å². The lowest BCUT2D eigenvalue weighted by atomic mass is 9.97. The van der Waals surface area contributed by atoms with E-state index in [0.29, 0.717) is 31.4 Å². The third-order valence-corrected chi connectivity index (χ3v) is 8.06. The fourth-order valence-electron chi connectivity index (χ4n) is 4.16. The van der Waals surface area contributed by atoms with Crippen LogP contribution in [0.4, 0.5) is 0 Å². The maximum Gasteiger partial charge on any atom is 0.282 e. The summed E-state index contributed by atoms with van der Waals surface area (Å²) in [4.78, 5) is 32.6. The lowest BCUT2D eigenvalue weighted by molar-refractivity contribution is 0.571. The van der Waals surface area contributed by atoms with Gasteiger partial charge in [-0.05, 0) is 55.5 Å². The van der Waals surface area contributed by atoms with Crippen molar-refractivity contribution < 1.29 is 4.42 Å². The molecule has 4 aromatic heterocycles. The van der Waals surface area contributed by atoms with E-state index in [1.807, 2.05) is 30.3 Å². The van der Waals surface area contributed by atoms with Crippen LogP contribution >= 0.6 is 34.3 Å². The molecular weight excluding hydrogens is 452 g/mol. The van der Waals surface area contributed by atoms with Gasteiger partial charge in [0.05, 0.1) is 5.39 Å². The summed E-state index contributed by atoms with van der Waals surface area (Å²) in [5.41, 5.74) is 1.55. The lowest BCUT2D eigenvalue weighted by Crippen LogP contribution is -2.24. The van der Waals surface area contributed by atoms with Gasteiger partial charge < -0.3 is 4.42 Å². The Morgan fingerprint density at radius 1 is 1.10 bits per heavy atom. The predicted molar refractivity (Wildman–Crippen MR) is 126 cm³/mol. The second-order valence-corrected chi connectivity index (χ2v) is 10.1. The van der Waals surface area contributed by atoms with Gasteiger partial charge in [-0.3, -0.25) is 9.59 Å². The molecule has 0 fully saturated rings. The molecule has 0 N–H and O–H groups in total. The average Bonchev–Trinajstić information content (AvgIpc) is 3.45. The van der Waals surface area contributed by atoms with E-state index < -0.39 is 0 Å². The largest absolute Gasteiger partial charge is 0.457 e. The summed E-state index contributed by atoms with van der Waals surface area (Å²) in [5.74, 6) is 1.23. The summed E-state index contributed by atoms with van der Waals surface area (Å²) in [6, 6.07) is 11.1. The minimum atomic E-state index is -0.233. The molecule has 0 saturated carbocycles. The van der Waals surface area contributed by atoms with Gasteiger partial charge in [0, 0.05) is 21.5 Å². The monoisotopic (exact) mass is 466 g/mol. The van der Waals surface area contributed by atoms with Crippen molar-refractivity contribution in [3.05, 3.63) is 82.9 Å². The van der Waals surface area contributed by atoms with Crippen LogP contribution in [-0.2, 0) is 12.8 Å². The molecule has 1 aliphatic carbocycles. The van der Waals surface area contributed by atoms with Gasteiger partial charge in [-0.1, -0.05) is 35.1 Å². The first-order valence-corrected chi connectivity index (χ1v) is 12.0. The first-order valence-electron chi connectivity index (χ1n) is 9.96. The maximum absolute atomic E-state index is 13.2. The summed E-state index contributed by atoms with van der Waals surface area (Å²) >= 11 is 8.84. The molecule has 0 amide bonds. The Morgan fingerprint density at radius 3 is 2.84 bits per heavy atom. The summed E-state index contributed by atoms with van der Waals surface area (Å²) in [6.07, 6.45) is 5.75. The van der Waals surface area contributed by atoms with Gasteiger partial charge in [0.2, 0.25) is 4.96 Å². The molecule has 0 atom stereocenters. The Balaban J connectivity index is 1.53. The summed E-state index contributed by atoms with van der Waals surface area (Å²) < 4.78 is 8.00. The zero-order chi connectivity index (χ0) is 21.1. The summed E-state index contributed by atoms with van der Waals surface area (Å²) in [6.45, 7) is 0. The molecule has 5 aromatic rings. The number of thiophene rings is 1. The molecule has 154 valence electrons. The van der Waals surface area contributed by atoms with Crippen molar-refractivity contribution in [1.82, 2.24) is 9.38 Å². The van der Waals surface area contributed by atoms with Crippen molar-refractivity contribution >= 4 is 55.5 Å². The quantitative estimate of drug-likeness (QED) is 0.379. The number of aromatic nitrogens is 2. The van der Waals surface area contributed by atoms with Crippen LogP contribution in [0, 0.1) is 0 Å². The van der Waals surface area contributed by atoms with Gasteiger partial charge in [-0.25, -0.2) is 4.40 Å². The second kappa shape index (κ2) is 7.15. The maximum atomic E-state index is 13.2. The molecule has 0 saturated heterocycles. The van der Waals surface area contributed by atoms with E-state index in [4.69, 9.17) is 16.0 Å². The Labute approximate surface area is 188 Å². The van der Waals surface area contributed by atoms with Gasteiger partial charge in [0.25, 0.3) is 11.1 Å². The minimum Gasteiger partial charge on any atom is -0.457 e. The number of hydrogen-bond donors (Lipinski definition) is 0. The van der Waals surface area contributed by atoms with E-state index in [1.165, 1.54) is 16.2 Å². The molecule has 6 rings (SSSR count). The van der Waals surface area contributed by atoms with Crippen LogP contribution in [0.15, 0.2) is 50.4 Å². The topological polar surface area (TPSA) is 64.6 Å². The van der Waals surface area contributed by atoms with Crippen LogP contribution in [0.1, 0.15) is 29.0 Å².